The summed E-state index contributed by atoms with van der Waals surface area (Å²) < 4.78 is 85.2. The monoisotopic (exact) mass is 928 g/mol. The molecule has 5 aromatic rings. The van der Waals surface area contributed by atoms with Gasteiger partial charge in [-0.1, -0.05) is 46.3 Å². The maximum atomic E-state index is 12.7. The Morgan fingerprint density at radius 3 is 1.37 bits per heavy atom. The van der Waals surface area contributed by atoms with Crippen LogP contribution in [0, 0.1) is 0 Å². The fraction of sp³-hybridized carbons (Fsp3) is 0.163. The third-order valence-electron chi connectivity index (χ3n) is 7.93. The van der Waals surface area contributed by atoms with E-state index < -0.39 is 35.4 Å². The molecule has 5 rings (SSSR count). The Hall–Kier alpha value is -6.86. The normalized spacial score (nSPS) is 11.3. The van der Waals surface area contributed by atoms with Gasteiger partial charge >= 0.3 is 24.3 Å². The Morgan fingerprint density at radius 2 is 1.00 bits per heavy atom. The van der Waals surface area contributed by atoms with Crippen molar-refractivity contribution in [2.24, 2.45) is 0 Å². The average molecular weight is 930 g/mol. The van der Waals surface area contributed by atoms with E-state index in [1.54, 1.807) is 54.9 Å². The smallest absolute Gasteiger partial charge is 0.416 e. The van der Waals surface area contributed by atoms with Crippen molar-refractivity contribution in [3.05, 3.63) is 167 Å². The number of ether oxygens (including phenoxy) is 2. The zero-order valence-electron chi connectivity index (χ0n) is 32.9. The minimum Gasteiger partial charge on any atom is -0.466 e. The van der Waals surface area contributed by atoms with Crippen molar-refractivity contribution in [2.75, 3.05) is 24.9 Å². The van der Waals surface area contributed by atoms with Crippen LogP contribution >= 0.6 is 15.9 Å². The Bertz CT molecular complexity index is 2210. The van der Waals surface area contributed by atoms with Crippen molar-refractivity contribution >= 4 is 63.4 Å². The highest BCUT2D eigenvalue weighted by atomic mass is 79.9. The molecule has 0 saturated heterocycles. The first-order valence-corrected chi connectivity index (χ1v) is 19.0. The molecule has 0 aliphatic carbocycles. The highest BCUT2D eigenvalue weighted by Crippen LogP contribution is 2.32. The number of carbonyl (C=O) groups excluding carboxylic acids is 3. The summed E-state index contributed by atoms with van der Waals surface area (Å²) in [6.45, 7) is 0.381. The van der Waals surface area contributed by atoms with E-state index in [0.29, 0.717) is 39.2 Å². The van der Waals surface area contributed by atoms with E-state index in [9.17, 15) is 40.7 Å². The van der Waals surface area contributed by atoms with Crippen molar-refractivity contribution in [1.29, 1.82) is 0 Å². The molecule has 0 radical (unpaired) electrons. The minimum atomic E-state index is -4.41. The van der Waals surface area contributed by atoms with Crippen molar-refractivity contribution in [3.63, 3.8) is 0 Å². The summed E-state index contributed by atoms with van der Waals surface area (Å²) in [5.41, 5.74) is 4.84. The van der Waals surface area contributed by atoms with Gasteiger partial charge in [0.25, 0.3) is 5.91 Å². The number of halogens is 7. The van der Waals surface area contributed by atoms with Gasteiger partial charge in [-0.15, -0.1) is 0 Å². The summed E-state index contributed by atoms with van der Waals surface area (Å²) in [5.74, 6) is -1.57. The van der Waals surface area contributed by atoms with Gasteiger partial charge in [-0.2, -0.15) is 26.3 Å². The summed E-state index contributed by atoms with van der Waals surface area (Å²) in [4.78, 5) is 45.5. The van der Waals surface area contributed by atoms with E-state index in [-0.39, 0.29) is 19.1 Å². The van der Waals surface area contributed by atoms with Crippen LogP contribution in [0.1, 0.15) is 44.9 Å². The minimum absolute atomic E-state index is 0.169. The second kappa shape index (κ2) is 25.0. The molecule has 0 unspecified atom stereocenters. The second-order valence-corrected chi connectivity index (χ2v) is 12.7. The average Bonchev–Trinajstić information content (AvgIpc) is 3.28. The molecule has 0 fully saturated rings. The third-order valence-corrected chi connectivity index (χ3v) is 8.46. The molecule has 0 spiro atoms. The first-order valence-electron chi connectivity index (χ1n) is 17.9. The van der Waals surface area contributed by atoms with Gasteiger partial charge in [0.2, 0.25) is 0 Å². The Morgan fingerprint density at radius 1 is 0.613 bits per heavy atom. The molecular formula is C43H39BrF6N6O6. The first-order chi connectivity index (χ1) is 29.6. The number of amides is 1. The highest BCUT2D eigenvalue weighted by Gasteiger charge is 2.31. The number of alkyl halides is 7. The van der Waals surface area contributed by atoms with Crippen LogP contribution in [0.25, 0.3) is 18.2 Å². The Labute approximate surface area is 360 Å². The van der Waals surface area contributed by atoms with Crippen molar-refractivity contribution in [2.45, 2.75) is 30.8 Å². The lowest BCUT2D eigenvalue weighted by Crippen LogP contribution is -2.15. The fourth-order valence-electron chi connectivity index (χ4n) is 4.85. The van der Waals surface area contributed by atoms with Gasteiger partial charge < -0.3 is 20.1 Å². The predicted molar refractivity (Wildman–Crippen MR) is 224 cm³/mol. The summed E-state index contributed by atoms with van der Waals surface area (Å²) >= 11 is 3.32. The van der Waals surface area contributed by atoms with Crippen LogP contribution in [0.4, 0.5) is 37.7 Å². The summed E-state index contributed by atoms with van der Waals surface area (Å²) in [6, 6.07) is 20.3. The van der Waals surface area contributed by atoms with E-state index in [2.05, 4.69) is 51.0 Å². The fourth-order valence-corrected chi connectivity index (χ4v) is 5.32. The predicted octanol–water partition coefficient (Wildman–Crippen LogP) is 9.29. The number of pyridine rings is 3. The van der Waals surface area contributed by atoms with E-state index >= 15 is 0 Å². The lowest BCUT2D eigenvalue weighted by Gasteiger charge is -2.11. The molecule has 0 aliphatic rings. The summed E-state index contributed by atoms with van der Waals surface area (Å²) in [6.07, 6.45) is 4.44. The number of nitrogens with zero attached hydrogens (tertiary/aromatic N) is 3. The van der Waals surface area contributed by atoms with Gasteiger partial charge in [0.05, 0.1) is 55.5 Å². The number of anilines is 2. The molecule has 2 aromatic carbocycles. The maximum absolute atomic E-state index is 12.7. The summed E-state index contributed by atoms with van der Waals surface area (Å²) in [5, 5.41) is 14.9. The van der Waals surface area contributed by atoms with Crippen LogP contribution in [0.15, 0.2) is 122 Å². The van der Waals surface area contributed by atoms with Crippen LogP contribution in [0.2, 0.25) is 0 Å². The van der Waals surface area contributed by atoms with Gasteiger partial charge in [0.1, 0.15) is 0 Å². The van der Waals surface area contributed by atoms with E-state index in [1.807, 2.05) is 12.1 Å². The zero-order chi connectivity index (χ0) is 45.5. The number of hydrogen-bond donors (Lipinski definition) is 4. The number of hydroxylamine groups is 1. The highest BCUT2D eigenvalue weighted by molar-refractivity contribution is 9.08. The van der Waals surface area contributed by atoms with Crippen molar-refractivity contribution in [3.8, 4) is 0 Å². The Balaban J connectivity index is 0.000000257. The molecule has 62 heavy (non-hydrogen) atoms. The first kappa shape index (κ1) is 49.5. The van der Waals surface area contributed by atoms with Crippen LogP contribution < -0.4 is 16.1 Å². The second-order valence-electron chi connectivity index (χ2n) is 12.1. The quantitative estimate of drug-likeness (QED) is 0.0222. The third kappa shape index (κ3) is 17.4. The number of benzene rings is 2. The molecule has 0 atom stereocenters. The molecular weight excluding hydrogens is 890 g/mol. The van der Waals surface area contributed by atoms with Gasteiger partial charge in [-0.05, 0) is 89.5 Å². The van der Waals surface area contributed by atoms with Crippen LogP contribution in [-0.2, 0) is 54.6 Å². The molecule has 19 heteroatoms. The lowest BCUT2D eigenvalue weighted by atomic mass is 10.1. The topological polar surface area (TPSA) is 165 Å². The molecule has 0 bridgehead atoms. The molecule has 12 nitrogen and oxygen atoms in total. The molecule has 0 aliphatic heterocycles. The standard InChI is InChI=1S/C17H15F3N2O2.C16H14F3N3O2.C10H10BrNO2/c1-24-16(23)8-7-12-4-3-9-21-15(12)11-22-14-6-2-5-13(10-14)17(18,19)20;17-16(18,19)12-4-1-5-13(9-12)21-10-14-11(3-2-8-20-14)6-7-15(23)22-24;1-14-10(13)5-4-8-3-2-6-12-9(8)7-11/h2-10,22H,11H2,1H3;1-9,21,24H,10H2,(H,22,23);2-6H,7H2,1H3/b8-7+;7-6+;5-4+. The molecule has 4 N–H and O–H groups in total. The molecule has 3 heterocycles. The van der Waals surface area contributed by atoms with Gasteiger partial charge in [0.15, 0.2) is 0 Å². The van der Waals surface area contributed by atoms with Crippen LogP contribution in [0.5, 0.6) is 0 Å². The number of nitrogens with one attached hydrogen (secondary N) is 3. The number of carbonyl (C=O) groups is 3. The van der Waals surface area contributed by atoms with Crippen LogP contribution in [0.3, 0.4) is 0 Å². The van der Waals surface area contributed by atoms with E-state index in [1.165, 1.54) is 62.3 Å². The lowest BCUT2D eigenvalue weighted by molar-refractivity contribution is -0.138. The van der Waals surface area contributed by atoms with Gasteiger partial charge in [-0.25, -0.2) is 15.1 Å². The zero-order valence-corrected chi connectivity index (χ0v) is 34.5. The molecule has 1 amide bonds. The number of rotatable bonds is 13. The van der Waals surface area contributed by atoms with Crippen molar-refractivity contribution < 1.29 is 55.4 Å². The van der Waals surface area contributed by atoms with E-state index in [4.69, 9.17) is 5.21 Å². The van der Waals surface area contributed by atoms with Crippen molar-refractivity contribution in [1.82, 2.24) is 20.4 Å². The van der Waals surface area contributed by atoms with Crippen LogP contribution in [-0.4, -0.2) is 52.2 Å². The van der Waals surface area contributed by atoms with Gasteiger partial charge in [0, 0.05) is 53.5 Å². The maximum Gasteiger partial charge on any atom is 0.416 e. The largest absolute Gasteiger partial charge is 0.466 e. The van der Waals surface area contributed by atoms with Gasteiger partial charge in [-0.3, -0.25) is 25.0 Å². The molecule has 0 saturated carbocycles. The number of esters is 2. The number of methoxy groups -OCH3 is 2. The Kier molecular flexibility index (Phi) is 20.0. The molecule has 3 aromatic heterocycles. The SMILES string of the molecule is COC(=O)/C=C/c1cccnc1CBr.COC(=O)/C=C/c1cccnc1CNc1cccc(C(F)(F)F)c1.O=C(/C=C/c1cccnc1CNc1cccc(C(F)(F)F)c1)NO. The number of aromatic nitrogens is 3. The summed E-state index contributed by atoms with van der Waals surface area (Å²) in [7, 11) is 2.62. The number of hydrogen-bond acceptors (Lipinski definition) is 11. The molecule has 326 valence electrons. The van der Waals surface area contributed by atoms with E-state index in [0.717, 1.165) is 41.6 Å².